The van der Waals surface area contributed by atoms with E-state index in [1.165, 1.54) is 25.7 Å². The molecule has 1 aromatic carbocycles. The van der Waals surface area contributed by atoms with Crippen LogP contribution in [-0.4, -0.2) is 16.8 Å². The molecule has 0 spiro atoms. The van der Waals surface area contributed by atoms with Crippen molar-refractivity contribution in [2.45, 2.75) is 58.5 Å². The Labute approximate surface area is 115 Å². The highest BCUT2D eigenvalue weighted by Gasteiger charge is 2.30. The predicted molar refractivity (Wildman–Crippen MR) is 78.9 cm³/mol. The van der Waals surface area contributed by atoms with Gasteiger partial charge < -0.3 is 10.6 Å². The predicted octanol–water partition coefficient (Wildman–Crippen LogP) is 3.58. The van der Waals surface area contributed by atoms with Gasteiger partial charge in [-0.1, -0.05) is 38.7 Å². The van der Waals surface area contributed by atoms with Gasteiger partial charge in [0, 0.05) is 23.8 Å². The number of carbonyl (C=O) groups excluding carboxylic acids is 1. The highest BCUT2D eigenvalue weighted by molar-refractivity contribution is 5.99. The van der Waals surface area contributed by atoms with E-state index in [9.17, 15) is 4.79 Å². The minimum Gasteiger partial charge on any atom is -0.399 e. The molecule has 0 aliphatic carbocycles. The molecule has 0 aromatic heterocycles. The summed E-state index contributed by atoms with van der Waals surface area (Å²) >= 11 is 0. The molecule has 0 bridgehead atoms. The molecule has 1 aliphatic rings. The highest BCUT2D eigenvalue weighted by atomic mass is 16.2. The molecule has 0 fully saturated rings. The van der Waals surface area contributed by atoms with Crippen molar-refractivity contribution in [3.63, 3.8) is 0 Å². The largest absolute Gasteiger partial charge is 0.399 e. The fraction of sp³-hybridized carbons (Fsp3) is 0.562. The number of benzene rings is 1. The van der Waals surface area contributed by atoms with Crippen LogP contribution in [0.1, 0.15) is 61.9 Å². The first kappa shape index (κ1) is 13.9. The van der Waals surface area contributed by atoms with E-state index in [2.05, 4.69) is 13.8 Å². The fourth-order valence-corrected chi connectivity index (χ4v) is 2.72. The Morgan fingerprint density at radius 1 is 1.32 bits per heavy atom. The van der Waals surface area contributed by atoms with Gasteiger partial charge >= 0.3 is 0 Å². The summed E-state index contributed by atoms with van der Waals surface area (Å²) in [6.07, 6.45) is 6.11. The third kappa shape index (κ3) is 3.09. The molecule has 1 amide bonds. The number of amides is 1. The minimum atomic E-state index is 0.144. The van der Waals surface area contributed by atoms with Crippen molar-refractivity contribution in [2.75, 3.05) is 5.73 Å². The summed E-state index contributed by atoms with van der Waals surface area (Å²) in [6, 6.07) is 5.98. The molecule has 1 aliphatic heterocycles. The second-order valence-corrected chi connectivity index (χ2v) is 5.55. The molecule has 3 heteroatoms. The summed E-state index contributed by atoms with van der Waals surface area (Å²) in [6.45, 7) is 5.11. The molecule has 104 valence electrons. The van der Waals surface area contributed by atoms with E-state index in [0.29, 0.717) is 11.7 Å². The molecule has 1 aromatic rings. The number of fused-ring (bicyclic) bond motifs is 1. The van der Waals surface area contributed by atoms with Gasteiger partial charge in [0.1, 0.15) is 0 Å². The Morgan fingerprint density at radius 3 is 2.84 bits per heavy atom. The zero-order valence-corrected chi connectivity index (χ0v) is 12.0. The molecule has 19 heavy (non-hydrogen) atoms. The summed E-state index contributed by atoms with van der Waals surface area (Å²) < 4.78 is 0. The van der Waals surface area contributed by atoms with Crippen LogP contribution in [0.25, 0.3) is 0 Å². The first-order chi connectivity index (χ1) is 9.13. The van der Waals surface area contributed by atoms with Crippen molar-refractivity contribution < 1.29 is 4.79 Å². The van der Waals surface area contributed by atoms with Crippen molar-refractivity contribution in [1.82, 2.24) is 4.90 Å². The lowest BCUT2D eigenvalue weighted by molar-refractivity contribution is 0.0707. The quantitative estimate of drug-likeness (QED) is 0.627. The topological polar surface area (TPSA) is 46.3 Å². The zero-order valence-electron chi connectivity index (χ0n) is 12.0. The number of carbonyl (C=O) groups is 1. The molecule has 0 saturated carbocycles. The number of unbranched alkanes of at least 4 members (excludes halogenated alkanes) is 3. The Hall–Kier alpha value is -1.51. The van der Waals surface area contributed by atoms with Crippen molar-refractivity contribution in [2.24, 2.45) is 0 Å². The lowest BCUT2D eigenvalue weighted by Crippen LogP contribution is -2.33. The molecule has 1 unspecified atom stereocenters. The van der Waals surface area contributed by atoms with Crippen molar-refractivity contribution >= 4 is 11.6 Å². The first-order valence-corrected chi connectivity index (χ1v) is 7.33. The van der Waals surface area contributed by atoms with Crippen LogP contribution in [0, 0.1) is 0 Å². The summed E-state index contributed by atoms with van der Waals surface area (Å²) in [5.74, 6) is 0.144. The molecule has 1 atom stereocenters. The van der Waals surface area contributed by atoms with Gasteiger partial charge in [0.15, 0.2) is 0 Å². The Bertz CT molecular complexity index is 456. The number of hydrogen-bond donors (Lipinski definition) is 1. The van der Waals surface area contributed by atoms with Crippen LogP contribution in [0.4, 0.5) is 5.69 Å². The van der Waals surface area contributed by atoms with Crippen molar-refractivity contribution in [3.8, 4) is 0 Å². The Morgan fingerprint density at radius 2 is 2.11 bits per heavy atom. The monoisotopic (exact) mass is 260 g/mol. The lowest BCUT2D eigenvalue weighted by Gasteiger charge is -2.24. The van der Waals surface area contributed by atoms with Crippen molar-refractivity contribution in [3.05, 3.63) is 29.3 Å². The molecule has 1 heterocycles. The van der Waals surface area contributed by atoms with Gasteiger partial charge in [0.05, 0.1) is 0 Å². The van der Waals surface area contributed by atoms with E-state index in [4.69, 9.17) is 5.73 Å². The molecule has 0 radical (unpaired) electrons. The van der Waals surface area contributed by atoms with E-state index in [1.807, 2.05) is 23.1 Å². The van der Waals surface area contributed by atoms with Gasteiger partial charge in [0.25, 0.3) is 5.91 Å². The standard InChI is InChI=1S/C16H24N2O/c1-3-4-5-6-7-12(2)18-11-13-8-9-14(17)10-15(13)16(18)19/h8-10,12H,3-7,11,17H2,1-2H3. The van der Waals surface area contributed by atoms with E-state index in [0.717, 1.165) is 24.1 Å². The van der Waals surface area contributed by atoms with Gasteiger partial charge in [-0.2, -0.15) is 0 Å². The van der Waals surface area contributed by atoms with Crippen LogP contribution in [0.5, 0.6) is 0 Å². The molecular weight excluding hydrogens is 236 g/mol. The molecule has 0 saturated heterocycles. The Kier molecular flexibility index (Phi) is 4.46. The maximum Gasteiger partial charge on any atom is 0.254 e. The lowest BCUT2D eigenvalue weighted by atomic mass is 10.1. The summed E-state index contributed by atoms with van der Waals surface area (Å²) in [4.78, 5) is 14.3. The normalized spacial score (nSPS) is 15.7. The number of hydrogen-bond acceptors (Lipinski definition) is 2. The van der Waals surface area contributed by atoms with Crippen LogP contribution >= 0.6 is 0 Å². The molecular formula is C16H24N2O. The summed E-state index contributed by atoms with van der Waals surface area (Å²) in [7, 11) is 0. The number of nitrogen functional groups attached to an aromatic ring is 1. The SMILES string of the molecule is CCCCCCC(C)N1Cc2ccc(N)cc2C1=O. The van der Waals surface area contributed by atoms with E-state index < -0.39 is 0 Å². The average molecular weight is 260 g/mol. The van der Waals surface area contributed by atoms with Crippen LogP contribution < -0.4 is 5.73 Å². The van der Waals surface area contributed by atoms with Crippen LogP contribution in [0.3, 0.4) is 0 Å². The van der Waals surface area contributed by atoms with Crippen LogP contribution in [-0.2, 0) is 6.54 Å². The average Bonchev–Trinajstić information content (AvgIpc) is 2.72. The second-order valence-electron chi connectivity index (χ2n) is 5.55. The van der Waals surface area contributed by atoms with Gasteiger partial charge in [-0.25, -0.2) is 0 Å². The molecule has 2 N–H and O–H groups in total. The number of nitrogens with zero attached hydrogens (tertiary/aromatic N) is 1. The maximum atomic E-state index is 12.3. The zero-order chi connectivity index (χ0) is 13.8. The fourth-order valence-electron chi connectivity index (χ4n) is 2.72. The summed E-state index contributed by atoms with van der Waals surface area (Å²) in [5, 5.41) is 0. The molecule has 2 rings (SSSR count). The van der Waals surface area contributed by atoms with Gasteiger partial charge in [-0.05, 0) is 31.0 Å². The van der Waals surface area contributed by atoms with Gasteiger partial charge in [-0.15, -0.1) is 0 Å². The minimum absolute atomic E-state index is 0.144. The Balaban J connectivity index is 1.95. The second kappa shape index (κ2) is 6.09. The molecule has 3 nitrogen and oxygen atoms in total. The third-order valence-electron chi connectivity index (χ3n) is 3.97. The van der Waals surface area contributed by atoms with Gasteiger partial charge in [-0.3, -0.25) is 4.79 Å². The summed E-state index contributed by atoms with van der Waals surface area (Å²) in [5.41, 5.74) is 8.33. The van der Waals surface area contributed by atoms with E-state index >= 15 is 0 Å². The third-order valence-corrected chi connectivity index (χ3v) is 3.97. The van der Waals surface area contributed by atoms with Crippen LogP contribution in [0.2, 0.25) is 0 Å². The number of nitrogens with two attached hydrogens (primary N) is 1. The highest BCUT2D eigenvalue weighted by Crippen LogP contribution is 2.27. The van der Waals surface area contributed by atoms with E-state index in [1.54, 1.807) is 0 Å². The first-order valence-electron chi connectivity index (χ1n) is 7.33. The maximum absolute atomic E-state index is 12.3. The van der Waals surface area contributed by atoms with Crippen molar-refractivity contribution in [1.29, 1.82) is 0 Å². The van der Waals surface area contributed by atoms with E-state index in [-0.39, 0.29) is 5.91 Å². The number of anilines is 1. The van der Waals surface area contributed by atoms with Crippen LogP contribution in [0.15, 0.2) is 18.2 Å². The van der Waals surface area contributed by atoms with Gasteiger partial charge in [0.2, 0.25) is 0 Å². The number of rotatable bonds is 6. The smallest absolute Gasteiger partial charge is 0.254 e.